The Kier molecular flexibility index (Phi) is 4.94. The van der Waals surface area contributed by atoms with Gasteiger partial charge in [0.15, 0.2) is 0 Å². The predicted molar refractivity (Wildman–Crippen MR) is 88.2 cm³/mol. The van der Waals surface area contributed by atoms with Crippen molar-refractivity contribution in [1.29, 1.82) is 0 Å². The Bertz CT molecular complexity index is 736. The lowest BCUT2D eigenvalue weighted by Gasteiger charge is -2.07. The average molecular weight is 342 g/mol. The van der Waals surface area contributed by atoms with Gasteiger partial charge in [-0.1, -0.05) is 24.4 Å². The molecule has 0 radical (unpaired) electrons. The third-order valence-electron chi connectivity index (χ3n) is 2.70. The van der Waals surface area contributed by atoms with Crippen LogP contribution in [0.25, 0.3) is 0 Å². The van der Waals surface area contributed by atoms with Crippen LogP contribution in [0, 0.1) is 0 Å². The highest BCUT2D eigenvalue weighted by molar-refractivity contribution is 7.94. The molecule has 2 aromatic rings. The summed E-state index contributed by atoms with van der Waals surface area (Å²) in [6.45, 7) is 0.0576. The van der Waals surface area contributed by atoms with E-state index in [-0.39, 0.29) is 15.8 Å². The molecule has 21 heavy (non-hydrogen) atoms. The van der Waals surface area contributed by atoms with Crippen LogP contribution in [-0.4, -0.2) is 25.1 Å². The van der Waals surface area contributed by atoms with Gasteiger partial charge in [0, 0.05) is 12.3 Å². The average Bonchev–Trinajstić information content (AvgIpc) is 2.92. The maximum atomic E-state index is 12.2. The number of anilines is 1. The number of aliphatic hydroxyl groups excluding tert-OH is 1. The first-order chi connectivity index (χ1) is 9.92. The lowest BCUT2D eigenvalue weighted by molar-refractivity contribution is 0.299. The third kappa shape index (κ3) is 4.01. The summed E-state index contributed by atoms with van der Waals surface area (Å²) < 4.78 is 27.1. The molecule has 0 unspecified atom stereocenters. The summed E-state index contributed by atoms with van der Waals surface area (Å²) in [6.07, 6.45) is 0.537. The van der Waals surface area contributed by atoms with Crippen molar-refractivity contribution in [2.75, 3.05) is 11.3 Å². The lowest BCUT2D eigenvalue weighted by Crippen LogP contribution is -2.11. The first-order valence-electron chi connectivity index (χ1n) is 6.04. The van der Waals surface area contributed by atoms with Gasteiger partial charge < -0.3 is 10.8 Å². The van der Waals surface area contributed by atoms with E-state index in [9.17, 15) is 8.42 Å². The van der Waals surface area contributed by atoms with E-state index in [1.54, 1.807) is 30.3 Å². The fourth-order valence-corrected chi connectivity index (χ4v) is 4.08. The number of aliphatic hydroxyl groups is 1. The second-order valence-corrected chi connectivity index (χ2v) is 7.69. The van der Waals surface area contributed by atoms with Crippen molar-refractivity contribution in [2.24, 2.45) is 5.73 Å². The molecule has 5 nitrogen and oxygen atoms in total. The molecule has 1 heterocycles. The van der Waals surface area contributed by atoms with E-state index in [4.69, 9.17) is 23.1 Å². The summed E-state index contributed by atoms with van der Waals surface area (Å²) in [5.41, 5.74) is 6.87. The number of rotatable bonds is 6. The van der Waals surface area contributed by atoms with E-state index in [1.165, 1.54) is 6.07 Å². The van der Waals surface area contributed by atoms with E-state index in [1.807, 2.05) is 0 Å². The van der Waals surface area contributed by atoms with Crippen LogP contribution in [0.2, 0.25) is 0 Å². The SMILES string of the molecule is NC(=S)c1ccc(S(=O)(=O)Nc2ccc(CCO)cc2)s1. The molecule has 0 atom stereocenters. The number of thiophene rings is 1. The van der Waals surface area contributed by atoms with Crippen LogP contribution in [0.1, 0.15) is 10.4 Å². The molecule has 0 aliphatic heterocycles. The molecule has 2 rings (SSSR count). The van der Waals surface area contributed by atoms with E-state index in [0.29, 0.717) is 17.0 Å². The van der Waals surface area contributed by atoms with Gasteiger partial charge in [0.05, 0.1) is 4.88 Å². The first-order valence-corrected chi connectivity index (χ1v) is 8.75. The number of benzene rings is 1. The van der Waals surface area contributed by atoms with Crippen LogP contribution in [0.4, 0.5) is 5.69 Å². The van der Waals surface area contributed by atoms with Crippen molar-refractivity contribution in [1.82, 2.24) is 0 Å². The van der Waals surface area contributed by atoms with Gasteiger partial charge in [-0.2, -0.15) is 0 Å². The van der Waals surface area contributed by atoms with Gasteiger partial charge in [-0.15, -0.1) is 11.3 Å². The molecule has 4 N–H and O–H groups in total. The topological polar surface area (TPSA) is 92.4 Å². The second-order valence-electron chi connectivity index (χ2n) is 4.26. The van der Waals surface area contributed by atoms with Crippen LogP contribution in [0.3, 0.4) is 0 Å². The van der Waals surface area contributed by atoms with Crippen LogP contribution in [0.15, 0.2) is 40.6 Å². The largest absolute Gasteiger partial charge is 0.396 e. The molecule has 0 aliphatic carbocycles. The smallest absolute Gasteiger partial charge is 0.271 e. The molecule has 0 saturated heterocycles. The van der Waals surface area contributed by atoms with Crippen LogP contribution in [0.5, 0.6) is 0 Å². The standard InChI is InChI=1S/C13H14N2O3S3/c14-13(19)11-5-6-12(20-11)21(17,18)15-10-3-1-9(2-4-10)7-8-16/h1-6,15-16H,7-8H2,(H2,14,19). The van der Waals surface area contributed by atoms with E-state index in [2.05, 4.69) is 4.72 Å². The molecule has 0 saturated carbocycles. The quantitative estimate of drug-likeness (QED) is 0.695. The summed E-state index contributed by atoms with van der Waals surface area (Å²) in [4.78, 5) is 0.735. The first kappa shape index (κ1) is 15.9. The number of nitrogens with two attached hydrogens (primary N) is 1. The fourth-order valence-electron chi connectivity index (χ4n) is 1.67. The molecule has 0 spiro atoms. The Labute approximate surface area is 132 Å². The molecule has 0 amide bonds. The van der Waals surface area contributed by atoms with E-state index < -0.39 is 10.0 Å². The summed E-state index contributed by atoms with van der Waals surface area (Å²) in [5, 5.41) is 8.84. The van der Waals surface area contributed by atoms with Crippen LogP contribution >= 0.6 is 23.6 Å². The Morgan fingerprint density at radius 2 is 1.90 bits per heavy atom. The minimum Gasteiger partial charge on any atom is -0.396 e. The zero-order chi connectivity index (χ0) is 15.5. The molecule has 0 fully saturated rings. The second kappa shape index (κ2) is 6.52. The predicted octanol–water partition coefficient (Wildman–Crippen LogP) is 1.72. The van der Waals surface area contributed by atoms with Gasteiger partial charge in [-0.3, -0.25) is 4.72 Å². The van der Waals surface area contributed by atoms with E-state index in [0.717, 1.165) is 16.9 Å². The van der Waals surface area contributed by atoms with Crippen molar-refractivity contribution < 1.29 is 13.5 Å². The van der Waals surface area contributed by atoms with Gasteiger partial charge in [-0.25, -0.2) is 8.42 Å². The van der Waals surface area contributed by atoms with Crippen molar-refractivity contribution >= 4 is 44.3 Å². The van der Waals surface area contributed by atoms with Gasteiger partial charge in [-0.05, 0) is 36.2 Å². The highest BCUT2D eigenvalue weighted by Gasteiger charge is 2.17. The molecule has 0 aliphatic rings. The molecular formula is C13H14N2O3S3. The zero-order valence-electron chi connectivity index (χ0n) is 10.9. The van der Waals surface area contributed by atoms with Crippen LogP contribution < -0.4 is 10.5 Å². The number of nitrogens with one attached hydrogen (secondary N) is 1. The van der Waals surface area contributed by atoms with Gasteiger partial charge in [0.25, 0.3) is 10.0 Å². The maximum absolute atomic E-state index is 12.2. The summed E-state index contributed by atoms with van der Waals surface area (Å²) >= 11 is 5.85. The zero-order valence-corrected chi connectivity index (χ0v) is 13.4. The normalized spacial score (nSPS) is 11.3. The summed E-state index contributed by atoms with van der Waals surface area (Å²) in [6, 6.07) is 9.91. The van der Waals surface area contributed by atoms with Crippen molar-refractivity contribution in [3.8, 4) is 0 Å². The van der Waals surface area contributed by atoms with Crippen molar-refractivity contribution in [3.63, 3.8) is 0 Å². The minimum atomic E-state index is -3.65. The molecule has 0 bridgehead atoms. The summed E-state index contributed by atoms with van der Waals surface area (Å²) in [5.74, 6) is 0. The number of thiocarbonyl (C=S) groups is 1. The van der Waals surface area contributed by atoms with Crippen molar-refractivity contribution in [2.45, 2.75) is 10.6 Å². The number of hydrogen-bond donors (Lipinski definition) is 3. The number of hydrogen-bond acceptors (Lipinski definition) is 5. The monoisotopic (exact) mass is 342 g/mol. The lowest BCUT2D eigenvalue weighted by atomic mass is 10.1. The Morgan fingerprint density at radius 1 is 1.24 bits per heavy atom. The van der Waals surface area contributed by atoms with Crippen molar-refractivity contribution in [3.05, 3.63) is 46.8 Å². The number of sulfonamides is 1. The molecule has 1 aromatic carbocycles. The minimum absolute atomic E-state index is 0.0576. The fraction of sp³-hybridized carbons (Fsp3) is 0.154. The summed E-state index contributed by atoms with van der Waals surface area (Å²) in [7, 11) is -3.65. The highest BCUT2D eigenvalue weighted by atomic mass is 32.2. The Hall–Kier alpha value is -1.48. The molecule has 8 heteroatoms. The molecule has 112 valence electrons. The highest BCUT2D eigenvalue weighted by Crippen LogP contribution is 2.24. The van der Waals surface area contributed by atoms with E-state index >= 15 is 0 Å². The Morgan fingerprint density at radius 3 is 2.43 bits per heavy atom. The van der Waals surface area contributed by atoms with Gasteiger partial charge >= 0.3 is 0 Å². The van der Waals surface area contributed by atoms with Gasteiger partial charge in [0.2, 0.25) is 0 Å². The molecular weight excluding hydrogens is 328 g/mol. The molecule has 1 aromatic heterocycles. The Balaban J connectivity index is 2.18. The maximum Gasteiger partial charge on any atom is 0.271 e. The van der Waals surface area contributed by atoms with Gasteiger partial charge in [0.1, 0.15) is 9.20 Å². The van der Waals surface area contributed by atoms with Crippen LogP contribution in [-0.2, 0) is 16.4 Å². The third-order valence-corrected chi connectivity index (χ3v) is 6.04.